The molecule has 0 aliphatic carbocycles. The van der Waals surface area contributed by atoms with E-state index in [1.807, 2.05) is 6.92 Å². The van der Waals surface area contributed by atoms with Gasteiger partial charge in [-0.05, 0) is 64.7 Å². The average molecular weight is 290 g/mol. The lowest BCUT2D eigenvalue weighted by Crippen LogP contribution is -2.46. The van der Waals surface area contributed by atoms with Crippen LogP contribution in [0, 0.1) is 6.92 Å². The lowest BCUT2D eigenvalue weighted by molar-refractivity contribution is 0.0449. The standard InChI is InChI=1S/C18H30N2O/c1-14-11-15(12-19-17(2,3)4)7-8-16(14)20-10-6-9-18(5,21)13-20/h7-8,11,19,21H,6,9-10,12-13H2,1-5H3. The van der Waals surface area contributed by atoms with Gasteiger partial charge in [-0.3, -0.25) is 0 Å². The molecule has 1 heterocycles. The Morgan fingerprint density at radius 2 is 2.05 bits per heavy atom. The van der Waals surface area contributed by atoms with E-state index in [9.17, 15) is 5.11 Å². The van der Waals surface area contributed by atoms with E-state index in [0.717, 1.165) is 32.5 Å². The summed E-state index contributed by atoms with van der Waals surface area (Å²) in [5, 5.41) is 13.8. The van der Waals surface area contributed by atoms with Crippen LogP contribution in [0.15, 0.2) is 18.2 Å². The van der Waals surface area contributed by atoms with Crippen LogP contribution in [0.5, 0.6) is 0 Å². The van der Waals surface area contributed by atoms with Crippen LogP contribution in [-0.2, 0) is 6.54 Å². The Bertz CT molecular complexity index is 488. The molecule has 0 spiro atoms. The topological polar surface area (TPSA) is 35.5 Å². The van der Waals surface area contributed by atoms with Crippen molar-refractivity contribution in [3.63, 3.8) is 0 Å². The number of β-amino-alcohol motifs (C(OH)–C–C–N with tert-alkyl or cyclic N) is 1. The predicted octanol–water partition coefficient (Wildman–Crippen LogP) is 3.23. The van der Waals surface area contributed by atoms with Crippen molar-refractivity contribution in [2.75, 3.05) is 18.0 Å². The van der Waals surface area contributed by atoms with Crippen LogP contribution in [0.4, 0.5) is 5.69 Å². The number of benzene rings is 1. The number of nitrogens with zero attached hydrogens (tertiary/aromatic N) is 1. The number of hydrogen-bond acceptors (Lipinski definition) is 3. The second-order valence-corrected chi connectivity index (χ2v) is 7.75. The summed E-state index contributed by atoms with van der Waals surface area (Å²) in [6, 6.07) is 6.66. The molecular formula is C18H30N2O. The van der Waals surface area contributed by atoms with Gasteiger partial charge in [0, 0.05) is 30.9 Å². The Kier molecular flexibility index (Phi) is 4.64. The molecular weight excluding hydrogens is 260 g/mol. The van der Waals surface area contributed by atoms with E-state index in [1.54, 1.807) is 0 Å². The summed E-state index contributed by atoms with van der Waals surface area (Å²) in [6.07, 6.45) is 1.95. The molecule has 1 atom stereocenters. The molecule has 3 heteroatoms. The highest BCUT2D eigenvalue weighted by Gasteiger charge is 2.28. The average Bonchev–Trinajstić information content (AvgIpc) is 2.34. The summed E-state index contributed by atoms with van der Waals surface area (Å²) in [4.78, 5) is 2.32. The summed E-state index contributed by atoms with van der Waals surface area (Å²) < 4.78 is 0. The molecule has 0 aromatic heterocycles. The maximum absolute atomic E-state index is 10.3. The Hall–Kier alpha value is -1.06. The first kappa shape index (κ1) is 16.3. The zero-order chi connectivity index (χ0) is 15.7. The molecule has 21 heavy (non-hydrogen) atoms. The first-order valence-corrected chi connectivity index (χ1v) is 7.98. The molecule has 1 aliphatic heterocycles. The van der Waals surface area contributed by atoms with Crippen LogP contribution >= 0.6 is 0 Å². The smallest absolute Gasteiger partial charge is 0.0794 e. The lowest BCUT2D eigenvalue weighted by Gasteiger charge is -2.39. The third-order valence-corrected chi connectivity index (χ3v) is 4.10. The second kappa shape index (κ2) is 5.98. The molecule has 1 aromatic carbocycles. The maximum Gasteiger partial charge on any atom is 0.0794 e. The van der Waals surface area contributed by atoms with Crippen LogP contribution in [0.25, 0.3) is 0 Å². The lowest BCUT2D eigenvalue weighted by atomic mass is 9.94. The number of hydrogen-bond donors (Lipinski definition) is 2. The monoisotopic (exact) mass is 290 g/mol. The van der Waals surface area contributed by atoms with Crippen molar-refractivity contribution in [2.24, 2.45) is 0 Å². The summed E-state index contributed by atoms with van der Waals surface area (Å²) in [6.45, 7) is 13.3. The van der Waals surface area contributed by atoms with Gasteiger partial charge >= 0.3 is 0 Å². The Balaban J connectivity index is 2.09. The van der Waals surface area contributed by atoms with Crippen molar-refractivity contribution in [1.29, 1.82) is 0 Å². The zero-order valence-corrected chi connectivity index (χ0v) is 14.2. The predicted molar refractivity (Wildman–Crippen MR) is 89.8 cm³/mol. The summed E-state index contributed by atoms with van der Waals surface area (Å²) in [7, 11) is 0. The molecule has 2 N–H and O–H groups in total. The zero-order valence-electron chi connectivity index (χ0n) is 14.2. The van der Waals surface area contributed by atoms with E-state index in [4.69, 9.17) is 0 Å². The van der Waals surface area contributed by atoms with Crippen molar-refractivity contribution < 1.29 is 5.11 Å². The van der Waals surface area contributed by atoms with E-state index in [1.165, 1.54) is 16.8 Å². The molecule has 1 saturated heterocycles. The van der Waals surface area contributed by atoms with Gasteiger partial charge in [0.05, 0.1) is 5.60 Å². The number of aliphatic hydroxyl groups is 1. The van der Waals surface area contributed by atoms with Gasteiger partial charge in [-0.2, -0.15) is 0 Å². The molecule has 3 nitrogen and oxygen atoms in total. The number of piperidine rings is 1. The van der Waals surface area contributed by atoms with Crippen molar-refractivity contribution >= 4 is 5.69 Å². The molecule has 0 amide bonds. The first-order chi connectivity index (χ1) is 9.66. The van der Waals surface area contributed by atoms with Gasteiger partial charge in [-0.1, -0.05) is 12.1 Å². The van der Waals surface area contributed by atoms with Gasteiger partial charge < -0.3 is 15.3 Å². The van der Waals surface area contributed by atoms with Crippen molar-refractivity contribution in [3.8, 4) is 0 Å². The molecule has 1 unspecified atom stereocenters. The maximum atomic E-state index is 10.3. The number of rotatable bonds is 3. The second-order valence-electron chi connectivity index (χ2n) is 7.75. The fraction of sp³-hybridized carbons (Fsp3) is 0.667. The molecule has 1 aromatic rings. The third kappa shape index (κ3) is 4.72. The van der Waals surface area contributed by atoms with E-state index < -0.39 is 5.60 Å². The fourth-order valence-corrected chi connectivity index (χ4v) is 2.98. The minimum absolute atomic E-state index is 0.137. The van der Waals surface area contributed by atoms with Gasteiger partial charge in [0.1, 0.15) is 0 Å². The Morgan fingerprint density at radius 3 is 2.62 bits per heavy atom. The van der Waals surface area contributed by atoms with Gasteiger partial charge in [-0.25, -0.2) is 0 Å². The Morgan fingerprint density at radius 1 is 1.33 bits per heavy atom. The van der Waals surface area contributed by atoms with E-state index in [-0.39, 0.29) is 5.54 Å². The quantitative estimate of drug-likeness (QED) is 0.897. The molecule has 118 valence electrons. The summed E-state index contributed by atoms with van der Waals surface area (Å²) in [5.74, 6) is 0. The van der Waals surface area contributed by atoms with Gasteiger partial charge in [0.25, 0.3) is 0 Å². The minimum atomic E-state index is -0.558. The SMILES string of the molecule is Cc1cc(CNC(C)(C)C)ccc1N1CCCC(C)(O)C1. The number of anilines is 1. The molecule has 2 rings (SSSR count). The minimum Gasteiger partial charge on any atom is -0.388 e. The summed E-state index contributed by atoms with van der Waals surface area (Å²) in [5.41, 5.74) is 3.44. The van der Waals surface area contributed by atoms with Crippen molar-refractivity contribution in [1.82, 2.24) is 5.32 Å². The fourth-order valence-electron chi connectivity index (χ4n) is 2.98. The highest BCUT2D eigenvalue weighted by atomic mass is 16.3. The van der Waals surface area contributed by atoms with Crippen LogP contribution in [0.1, 0.15) is 51.7 Å². The number of aryl methyl sites for hydroxylation is 1. The van der Waals surface area contributed by atoms with E-state index in [2.05, 4.69) is 56.1 Å². The molecule has 1 aliphatic rings. The van der Waals surface area contributed by atoms with Crippen LogP contribution in [0.3, 0.4) is 0 Å². The number of nitrogens with one attached hydrogen (secondary N) is 1. The largest absolute Gasteiger partial charge is 0.388 e. The molecule has 1 fully saturated rings. The highest BCUT2D eigenvalue weighted by Crippen LogP contribution is 2.28. The van der Waals surface area contributed by atoms with Gasteiger partial charge in [-0.15, -0.1) is 0 Å². The van der Waals surface area contributed by atoms with Crippen LogP contribution < -0.4 is 10.2 Å². The van der Waals surface area contributed by atoms with Crippen LogP contribution in [-0.4, -0.2) is 29.3 Å². The first-order valence-electron chi connectivity index (χ1n) is 7.98. The normalized spacial score (nSPS) is 23.4. The van der Waals surface area contributed by atoms with Gasteiger partial charge in [0.15, 0.2) is 0 Å². The molecule has 0 bridgehead atoms. The van der Waals surface area contributed by atoms with Gasteiger partial charge in [0.2, 0.25) is 0 Å². The Labute approximate surface area is 129 Å². The third-order valence-electron chi connectivity index (χ3n) is 4.10. The summed E-state index contributed by atoms with van der Waals surface area (Å²) >= 11 is 0. The van der Waals surface area contributed by atoms with E-state index in [0.29, 0.717) is 0 Å². The molecule has 0 radical (unpaired) electrons. The van der Waals surface area contributed by atoms with E-state index >= 15 is 0 Å². The highest BCUT2D eigenvalue weighted by molar-refractivity contribution is 5.55. The molecule has 0 saturated carbocycles. The van der Waals surface area contributed by atoms with Crippen molar-refractivity contribution in [3.05, 3.63) is 29.3 Å². The van der Waals surface area contributed by atoms with Crippen LogP contribution in [0.2, 0.25) is 0 Å². The van der Waals surface area contributed by atoms with Crippen molar-refractivity contribution in [2.45, 2.75) is 65.1 Å².